The Morgan fingerprint density at radius 1 is 1.18 bits per heavy atom. The molecular weight excluding hydrogens is 432 g/mol. The van der Waals surface area contributed by atoms with Gasteiger partial charge in [0.05, 0.1) is 22.4 Å². The second-order valence-electron chi connectivity index (χ2n) is 10.2. The molecule has 9 nitrogen and oxygen atoms in total. The van der Waals surface area contributed by atoms with E-state index in [2.05, 4.69) is 46.0 Å². The van der Waals surface area contributed by atoms with Crippen LogP contribution in [0, 0.1) is 5.41 Å². The molecule has 1 spiro atoms. The molecule has 1 N–H and O–H groups in total. The number of fused-ring (bicyclic) bond motifs is 3. The lowest BCUT2D eigenvalue weighted by Gasteiger charge is -2.37. The molecule has 4 aliphatic rings. The number of carbonyl (C=O) groups is 2. The van der Waals surface area contributed by atoms with Crippen molar-refractivity contribution in [2.24, 2.45) is 5.41 Å². The van der Waals surface area contributed by atoms with Crippen LogP contribution in [0.1, 0.15) is 68.9 Å². The van der Waals surface area contributed by atoms with E-state index in [9.17, 15) is 9.59 Å². The van der Waals surface area contributed by atoms with E-state index < -0.39 is 0 Å². The molecule has 1 unspecified atom stereocenters. The first kappa shape index (κ1) is 21.5. The third-order valence-corrected chi connectivity index (χ3v) is 8.33. The fraction of sp³-hybridized carbons (Fsp3) is 0.560. The number of amides is 1. The molecule has 1 amide bonds. The van der Waals surface area contributed by atoms with Gasteiger partial charge in [-0.1, -0.05) is 12.1 Å². The van der Waals surface area contributed by atoms with E-state index in [1.165, 1.54) is 11.1 Å². The van der Waals surface area contributed by atoms with Crippen molar-refractivity contribution in [3.8, 4) is 5.69 Å². The number of carbonyl (C=O) groups excluding carboxylic acids is 2. The number of benzene rings is 1. The van der Waals surface area contributed by atoms with Crippen LogP contribution in [0.15, 0.2) is 29.5 Å². The molecule has 1 atom stereocenters. The van der Waals surface area contributed by atoms with E-state index in [0.717, 1.165) is 62.2 Å². The molecule has 1 aliphatic carbocycles. The Labute approximate surface area is 198 Å². The lowest BCUT2D eigenvalue weighted by Crippen LogP contribution is -2.42. The van der Waals surface area contributed by atoms with E-state index in [4.69, 9.17) is 4.74 Å². The van der Waals surface area contributed by atoms with Gasteiger partial charge in [0.1, 0.15) is 6.61 Å². The van der Waals surface area contributed by atoms with Gasteiger partial charge in [-0.15, -0.1) is 5.10 Å². The summed E-state index contributed by atoms with van der Waals surface area (Å²) in [7, 11) is 0. The molecule has 1 saturated heterocycles. The first-order valence-electron chi connectivity index (χ1n) is 12.3. The molecule has 4 heterocycles. The molecule has 178 valence electrons. The Hall–Kier alpha value is -3.07. The van der Waals surface area contributed by atoms with Crippen LogP contribution in [0.25, 0.3) is 5.69 Å². The number of cyclic esters (lactones) is 1. The average molecular weight is 463 g/mol. The zero-order valence-corrected chi connectivity index (χ0v) is 19.7. The second-order valence-corrected chi connectivity index (χ2v) is 10.2. The van der Waals surface area contributed by atoms with Crippen LogP contribution in [0.2, 0.25) is 0 Å². The summed E-state index contributed by atoms with van der Waals surface area (Å²) in [5.74, 6) is 0.801. The van der Waals surface area contributed by atoms with Gasteiger partial charge in [0, 0.05) is 25.0 Å². The van der Waals surface area contributed by atoms with Crippen molar-refractivity contribution in [1.82, 2.24) is 30.4 Å². The summed E-state index contributed by atoms with van der Waals surface area (Å²) in [5, 5.41) is 15.8. The van der Waals surface area contributed by atoms with E-state index in [0.29, 0.717) is 18.2 Å². The minimum atomic E-state index is -0.300. The van der Waals surface area contributed by atoms with Crippen LogP contribution in [0.3, 0.4) is 0 Å². The third kappa shape index (κ3) is 3.36. The predicted molar refractivity (Wildman–Crippen MR) is 123 cm³/mol. The molecule has 1 aromatic heterocycles. The van der Waals surface area contributed by atoms with Crippen LogP contribution in [-0.2, 0) is 27.2 Å². The van der Waals surface area contributed by atoms with Crippen molar-refractivity contribution in [2.75, 3.05) is 13.2 Å². The number of tetrazole rings is 1. The number of nitrogens with one attached hydrogen (secondary N) is 1. The predicted octanol–water partition coefficient (Wildman–Crippen LogP) is 2.40. The molecule has 2 fully saturated rings. The zero-order valence-electron chi connectivity index (χ0n) is 19.7. The maximum absolute atomic E-state index is 13.4. The molecule has 0 bridgehead atoms. The number of likely N-dealkylation sites (tertiary alicyclic amines) is 1. The average Bonchev–Trinajstić information content (AvgIpc) is 3.54. The number of rotatable bonds is 4. The van der Waals surface area contributed by atoms with Gasteiger partial charge >= 0.3 is 5.97 Å². The standard InChI is InChI=1S/C25H30N6O3/c1-15-21(14-34-23(15)32)30-12-11-25(24(30)33)9-7-19(8-10-25)26-16(2)17-3-5-20-18(13-17)4-6-22-27-28-29-31(20)22/h3,5,13,16,19,26H,4,6-12,14H2,1-2H3. The Bertz CT molecular complexity index is 1190. The maximum Gasteiger partial charge on any atom is 0.336 e. The number of hydrogen-bond acceptors (Lipinski definition) is 7. The molecule has 34 heavy (non-hydrogen) atoms. The largest absolute Gasteiger partial charge is 0.456 e. The number of aryl methyl sites for hydroxylation is 2. The SMILES string of the molecule is CC1=C(N2CCC3(CCC(NC(C)c4ccc5c(c4)CCc4nnnn4-5)CC3)C2=O)COC1=O. The van der Waals surface area contributed by atoms with Gasteiger partial charge in [0.2, 0.25) is 5.91 Å². The maximum atomic E-state index is 13.4. The van der Waals surface area contributed by atoms with Gasteiger partial charge in [-0.3, -0.25) is 4.79 Å². The summed E-state index contributed by atoms with van der Waals surface area (Å²) in [4.78, 5) is 26.9. The molecule has 3 aliphatic heterocycles. The number of ether oxygens (including phenoxy) is 1. The van der Waals surface area contributed by atoms with Gasteiger partial charge in [0.15, 0.2) is 5.82 Å². The number of esters is 1. The Kier molecular flexibility index (Phi) is 5.05. The van der Waals surface area contributed by atoms with Crippen LogP contribution in [0.5, 0.6) is 0 Å². The van der Waals surface area contributed by atoms with Gasteiger partial charge in [0.25, 0.3) is 0 Å². The molecule has 6 rings (SSSR count). The summed E-state index contributed by atoms with van der Waals surface area (Å²) in [6, 6.07) is 7.18. The molecule has 0 radical (unpaired) electrons. The van der Waals surface area contributed by atoms with Crippen molar-refractivity contribution >= 4 is 11.9 Å². The normalized spacial score (nSPS) is 27.2. The van der Waals surface area contributed by atoms with Crippen molar-refractivity contribution < 1.29 is 14.3 Å². The van der Waals surface area contributed by atoms with Crippen LogP contribution in [0.4, 0.5) is 0 Å². The fourth-order valence-corrected chi connectivity index (χ4v) is 6.15. The minimum Gasteiger partial charge on any atom is -0.456 e. The van der Waals surface area contributed by atoms with E-state index in [1.54, 1.807) is 6.92 Å². The first-order valence-corrected chi connectivity index (χ1v) is 12.3. The van der Waals surface area contributed by atoms with Gasteiger partial charge in [-0.25, -0.2) is 4.79 Å². The smallest absolute Gasteiger partial charge is 0.336 e. The van der Waals surface area contributed by atoms with Gasteiger partial charge < -0.3 is 15.0 Å². The quantitative estimate of drug-likeness (QED) is 0.696. The zero-order chi connectivity index (χ0) is 23.4. The van der Waals surface area contributed by atoms with E-state index in [1.807, 2.05) is 9.58 Å². The minimum absolute atomic E-state index is 0.184. The van der Waals surface area contributed by atoms with Crippen molar-refractivity contribution in [3.05, 3.63) is 46.4 Å². The summed E-state index contributed by atoms with van der Waals surface area (Å²) in [6.45, 7) is 4.89. The highest BCUT2D eigenvalue weighted by atomic mass is 16.5. The Morgan fingerprint density at radius 3 is 2.76 bits per heavy atom. The molecule has 2 aromatic rings. The fourth-order valence-electron chi connectivity index (χ4n) is 6.15. The van der Waals surface area contributed by atoms with Crippen molar-refractivity contribution in [3.63, 3.8) is 0 Å². The lowest BCUT2D eigenvalue weighted by atomic mass is 9.71. The number of nitrogens with zero attached hydrogens (tertiary/aromatic N) is 5. The van der Waals surface area contributed by atoms with Gasteiger partial charge in [-0.2, -0.15) is 4.68 Å². The monoisotopic (exact) mass is 462 g/mol. The molecule has 1 saturated carbocycles. The van der Waals surface area contributed by atoms with Crippen LogP contribution < -0.4 is 5.32 Å². The van der Waals surface area contributed by atoms with Crippen molar-refractivity contribution in [1.29, 1.82) is 0 Å². The van der Waals surface area contributed by atoms with Gasteiger partial charge in [-0.05, 0) is 80.0 Å². The Morgan fingerprint density at radius 2 is 2.00 bits per heavy atom. The van der Waals surface area contributed by atoms with E-state index >= 15 is 0 Å². The summed E-state index contributed by atoms with van der Waals surface area (Å²) >= 11 is 0. The Balaban J connectivity index is 1.09. The number of hydrogen-bond donors (Lipinski definition) is 1. The lowest BCUT2D eigenvalue weighted by molar-refractivity contribution is -0.138. The second kappa shape index (κ2) is 8.01. The highest BCUT2D eigenvalue weighted by molar-refractivity contribution is 5.94. The molecule has 1 aromatic carbocycles. The summed E-state index contributed by atoms with van der Waals surface area (Å²) in [6.07, 6.45) is 6.42. The third-order valence-electron chi connectivity index (χ3n) is 8.33. The van der Waals surface area contributed by atoms with Crippen molar-refractivity contribution in [2.45, 2.75) is 70.9 Å². The first-order chi connectivity index (χ1) is 16.4. The highest BCUT2D eigenvalue weighted by Gasteiger charge is 2.50. The highest BCUT2D eigenvalue weighted by Crippen LogP contribution is 2.46. The van der Waals surface area contributed by atoms with Crippen LogP contribution >= 0.6 is 0 Å². The number of aromatic nitrogens is 4. The summed E-state index contributed by atoms with van der Waals surface area (Å²) < 4.78 is 6.98. The molecular formula is C25H30N6O3. The topological polar surface area (TPSA) is 102 Å². The van der Waals surface area contributed by atoms with Crippen LogP contribution in [-0.4, -0.2) is 56.2 Å². The van der Waals surface area contributed by atoms with E-state index in [-0.39, 0.29) is 29.9 Å². The molecule has 9 heteroatoms. The summed E-state index contributed by atoms with van der Waals surface area (Å²) in [5.41, 5.74) is 4.69.